The lowest BCUT2D eigenvalue weighted by Gasteiger charge is -2.12. The number of pyridine rings is 1. The third-order valence-electron chi connectivity index (χ3n) is 5.11. The number of nitrogens with one attached hydrogen (secondary N) is 1. The van der Waals surface area contributed by atoms with E-state index < -0.39 is 0 Å². The van der Waals surface area contributed by atoms with Crippen molar-refractivity contribution < 1.29 is 14.3 Å². The van der Waals surface area contributed by atoms with Gasteiger partial charge >= 0.3 is 0 Å². The van der Waals surface area contributed by atoms with Gasteiger partial charge in [0.2, 0.25) is 0 Å². The van der Waals surface area contributed by atoms with Gasteiger partial charge in [-0.05, 0) is 62.2 Å². The highest BCUT2D eigenvalue weighted by atomic mass is 16.5. The first-order chi connectivity index (χ1) is 15.9. The highest BCUT2D eigenvalue weighted by molar-refractivity contribution is 5.92. The quantitative estimate of drug-likeness (QED) is 0.463. The Morgan fingerprint density at radius 2 is 1.73 bits per heavy atom. The molecule has 2 aromatic carbocycles. The number of carbonyl (C=O) groups is 1. The molecule has 0 saturated carbocycles. The van der Waals surface area contributed by atoms with Gasteiger partial charge < -0.3 is 14.8 Å². The summed E-state index contributed by atoms with van der Waals surface area (Å²) >= 11 is 0. The first-order valence-electron chi connectivity index (χ1n) is 10.6. The Balaban J connectivity index is 1.41. The van der Waals surface area contributed by atoms with Crippen molar-refractivity contribution in [1.29, 1.82) is 0 Å². The molecule has 0 atom stereocenters. The van der Waals surface area contributed by atoms with Gasteiger partial charge in [0.1, 0.15) is 23.8 Å². The number of carbonyl (C=O) groups excluding carboxylic acids is 1. The zero-order chi connectivity index (χ0) is 23.4. The number of anilines is 1. The first kappa shape index (κ1) is 22.1. The van der Waals surface area contributed by atoms with E-state index in [0.29, 0.717) is 28.5 Å². The van der Waals surface area contributed by atoms with Gasteiger partial charge in [-0.2, -0.15) is 0 Å². The van der Waals surface area contributed by atoms with E-state index in [0.717, 1.165) is 16.7 Å². The molecule has 7 heteroatoms. The van der Waals surface area contributed by atoms with Crippen LogP contribution in [0.25, 0.3) is 5.65 Å². The first-order valence-corrected chi connectivity index (χ1v) is 10.6. The molecule has 0 aliphatic rings. The molecular formula is C26H25N3O4. The van der Waals surface area contributed by atoms with Gasteiger partial charge in [-0.15, -0.1) is 0 Å². The summed E-state index contributed by atoms with van der Waals surface area (Å²) in [6.07, 6.45) is 1.71. The topological polar surface area (TPSA) is 81.9 Å². The number of aryl methyl sites for hydroxylation is 3. The predicted octanol–water partition coefficient (Wildman–Crippen LogP) is 4.22. The van der Waals surface area contributed by atoms with Crippen LogP contribution in [0, 0.1) is 20.8 Å². The van der Waals surface area contributed by atoms with Crippen molar-refractivity contribution in [2.24, 2.45) is 0 Å². The van der Waals surface area contributed by atoms with Gasteiger partial charge in [0, 0.05) is 24.0 Å². The molecule has 0 unspecified atom stereocenters. The molecule has 0 radical (unpaired) electrons. The monoisotopic (exact) mass is 443 g/mol. The fraction of sp³-hybridized carbons (Fsp3) is 0.192. The van der Waals surface area contributed by atoms with Crippen LogP contribution in [-0.4, -0.2) is 21.9 Å². The van der Waals surface area contributed by atoms with Crippen LogP contribution in [0.15, 0.2) is 71.7 Å². The second-order valence-corrected chi connectivity index (χ2v) is 7.94. The number of benzene rings is 2. The highest BCUT2D eigenvalue weighted by Gasteiger charge is 2.09. The Labute approximate surface area is 191 Å². The van der Waals surface area contributed by atoms with E-state index in [2.05, 4.69) is 10.3 Å². The van der Waals surface area contributed by atoms with Crippen molar-refractivity contribution in [1.82, 2.24) is 9.38 Å². The van der Waals surface area contributed by atoms with E-state index in [1.807, 2.05) is 63.2 Å². The van der Waals surface area contributed by atoms with Crippen LogP contribution < -0.4 is 20.3 Å². The third kappa shape index (κ3) is 5.57. The van der Waals surface area contributed by atoms with E-state index in [1.54, 1.807) is 18.3 Å². The molecular weight excluding hydrogens is 418 g/mol. The van der Waals surface area contributed by atoms with Crippen molar-refractivity contribution in [2.45, 2.75) is 27.4 Å². The lowest BCUT2D eigenvalue weighted by molar-refractivity contribution is -0.118. The van der Waals surface area contributed by atoms with Crippen molar-refractivity contribution in [3.05, 3.63) is 99.6 Å². The van der Waals surface area contributed by atoms with Crippen molar-refractivity contribution in [2.75, 3.05) is 11.9 Å². The average Bonchev–Trinajstić information content (AvgIpc) is 2.79. The Kier molecular flexibility index (Phi) is 6.40. The molecule has 0 aliphatic heterocycles. The summed E-state index contributed by atoms with van der Waals surface area (Å²) in [4.78, 5) is 29.2. The Hall–Kier alpha value is -4.13. The summed E-state index contributed by atoms with van der Waals surface area (Å²) in [6, 6.07) is 18.1. The van der Waals surface area contributed by atoms with E-state index in [4.69, 9.17) is 9.47 Å². The number of aromatic nitrogens is 2. The molecule has 0 bridgehead atoms. The van der Waals surface area contributed by atoms with Gasteiger partial charge in [0.15, 0.2) is 6.61 Å². The van der Waals surface area contributed by atoms with Gasteiger partial charge in [-0.25, -0.2) is 4.98 Å². The van der Waals surface area contributed by atoms with Crippen LogP contribution >= 0.6 is 0 Å². The molecule has 0 fully saturated rings. The van der Waals surface area contributed by atoms with E-state index in [-0.39, 0.29) is 24.7 Å². The largest absolute Gasteiger partial charge is 0.487 e. The Morgan fingerprint density at radius 3 is 2.52 bits per heavy atom. The van der Waals surface area contributed by atoms with E-state index in [9.17, 15) is 9.59 Å². The van der Waals surface area contributed by atoms with Crippen LogP contribution in [0.5, 0.6) is 11.5 Å². The molecule has 1 amide bonds. The van der Waals surface area contributed by atoms with Gasteiger partial charge in [-0.3, -0.25) is 14.0 Å². The minimum atomic E-state index is -0.273. The lowest BCUT2D eigenvalue weighted by atomic mass is 10.2. The number of nitrogens with zero attached hydrogens (tertiary/aromatic N) is 2. The summed E-state index contributed by atoms with van der Waals surface area (Å²) in [5.41, 5.74) is 4.58. The highest BCUT2D eigenvalue weighted by Crippen LogP contribution is 2.23. The molecule has 0 saturated heterocycles. The van der Waals surface area contributed by atoms with Gasteiger partial charge in [-0.1, -0.05) is 23.8 Å². The summed E-state index contributed by atoms with van der Waals surface area (Å²) in [5, 5.41) is 2.82. The minimum Gasteiger partial charge on any atom is -0.487 e. The number of amides is 1. The molecule has 0 spiro atoms. The smallest absolute Gasteiger partial charge is 0.262 e. The fourth-order valence-corrected chi connectivity index (χ4v) is 3.29. The summed E-state index contributed by atoms with van der Waals surface area (Å²) in [6.45, 7) is 5.88. The maximum atomic E-state index is 12.4. The second-order valence-electron chi connectivity index (χ2n) is 7.94. The SMILES string of the molecule is Cc1ccc(OCC(=O)Nc2ccc(C)c(OCc3cc(=O)n4ccc(C)cc4n3)c2)cc1. The predicted molar refractivity (Wildman–Crippen MR) is 127 cm³/mol. The molecule has 33 heavy (non-hydrogen) atoms. The summed E-state index contributed by atoms with van der Waals surface area (Å²) in [5.74, 6) is 0.959. The normalized spacial score (nSPS) is 10.8. The summed E-state index contributed by atoms with van der Waals surface area (Å²) < 4.78 is 12.9. The zero-order valence-corrected chi connectivity index (χ0v) is 18.8. The minimum absolute atomic E-state index is 0.0997. The molecule has 1 N–H and O–H groups in total. The molecule has 0 aliphatic carbocycles. The number of ether oxygens (including phenoxy) is 2. The van der Waals surface area contributed by atoms with Crippen LogP contribution in [0.3, 0.4) is 0 Å². The second kappa shape index (κ2) is 9.56. The van der Waals surface area contributed by atoms with Crippen molar-refractivity contribution in [3.8, 4) is 11.5 Å². The van der Waals surface area contributed by atoms with E-state index >= 15 is 0 Å². The molecule has 2 heterocycles. The number of fused-ring (bicyclic) bond motifs is 1. The standard InChI is InChI=1S/C26H25N3O4/c1-17-4-8-22(9-5-17)32-16-25(30)28-20-7-6-19(3)23(13-20)33-15-21-14-26(31)29-11-10-18(2)12-24(29)27-21/h4-14H,15-16H2,1-3H3,(H,28,30). The number of hydrogen-bond acceptors (Lipinski definition) is 5. The fourth-order valence-electron chi connectivity index (χ4n) is 3.29. The van der Waals surface area contributed by atoms with Crippen molar-refractivity contribution in [3.63, 3.8) is 0 Å². The molecule has 4 aromatic rings. The molecule has 2 aromatic heterocycles. The average molecular weight is 444 g/mol. The Morgan fingerprint density at radius 1 is 0.939 bits per heavy atom. The van der Waals surface area contributed by atoms with Crippen LogP contribution in [0.4, 0.5) is 5.69 Å². The number of hydrogen-bond donors (Lipinski definition) is 1. The lowest BCUT2D eigenvalue weighted by Crippen LogP contribution is -2.20. The molecule has 168 valence electrons. The molecule has 7 nitrogen and oxygen atoms in total. The van der Waals surface area contributed by atoms with Crippen LogP contribution in [0.2, 0.25) is 0 Å². The zero-order valence-electron chi connectivity index (χ0n) is 18.8. The third-order valence-corrected chi connectivity index (χ3v) is 5.11. The molecule has 4 rings (SSSR count). The maximum absolute atomic E-state index is 12.4. The van der Waals surface area contributed by atoms with E-state index in [1.165, 1.54) is 10.5 Å². The maximum Gasteiger partial charge on any atom is 0.262 e. The van der Waals surface area contributed by atoms with Crippen LogP contribution in [0.1, 0.15) is 22.4 Å². The number of rotatable bonds is 7. The van der Waals surface area contributed by atoms with Gasteiger partial charge in [0.25, 0.3) is 11.5 Å². The Bertz CT molecular complexity index is 1360. The van der Waals surface area contributed by atoms with Crippen LogP contribution in [-0.2, 0) is 11.4 Å². The van der Waals surface area contributed by atoms with Crippen molar-refractivity contribution >= 4 is 17.2 Å². The summed E-state index contributed by atoms with van der Waals surface area (Å²) in [7, 11) is 0. The van der Waals surface area contributed by atoms with Gasteiger partial charge in [0.05, 0.1) is 5.69 Å².